The monoisotopic (exact) mass is 212 g/mol. The molecule has 1 aromatic rings. The highest BCUT2D eigenvalue weighted by atomic mass is 19.1. The van der Waals surface area contributed by atoms with Crippen LogP contribution in [0.15, 0.2) is 18.2 Å². The van der Waals surface area contributed by atoms with Gasteiger partial charge in [0.25, 0.3) is 0 Å². The first kappa shape index (κ1) is 11.8. The predicted octanol–water partition coefficient (Wildman–Crippen LogP) is 1.94. The second-order valence-electron chi connectivity index (χ2n) is 3.15. The molecule has 0 fully saturated rings. The van der Waals surface area contributed by atoms with E-state index in [1.165, 1.54) is 26.4 Å². The van der Waals surface area contributed by atoms with E-state index >= 15 is 0 Å². The molecule has 0 atom stereocenters. The number of ketones is 1. The van der Waals surface area contributed by atoms with Gasteiger partial charge in [-0.25, -0.2) is 4.39 Å². The van der Waals surface area contributed by atoms with Crippen LogP contribution in [0.5, 0.6) is 0 Å². The van der Waals surface area contributed by atoms with Gasteiger partial charge in [0.05, 0.1) is 5.56 Å². The molecule has 0 aromatic heterocycles. The van der Waals surface area contributed by atoms with Crippen molar-refractivity contribution >= 4 is 5.78 Å². The molecule has 0 amide bonds. The fraction of sp³-hybridized carbons (Fsp3) is 0.364. The molecule has 0 saturated heterocycles. The van der Waals surface area contributed by atoms with Gasteiger partial charge in [0.15, 0.2) is 0 Å². The minimum absolute atomic E-state index is 0.0105. The summed E-state index contributed by atoms with van der Waals surface area (Å²) in [7, 11) is 2.67. The maximum absolute atomic E-state index is 13.3. The maximum atomic E-state index is 13.3. The Balaban J connectivity index is 3.04. The molecule has 0 heterocycles. The van der Waals surface area contributed by atoms with E-state index in [1.54, 1.807) is 13.0 Å². The summed E-state index contributed by atoms with van der Waals surface area (Å²) in [5, 5.41) is 0. The fourth-order valence-electron chi connectivity index (χ4n) is 1.27. The summed E-state index contributed by atoms with van der Waals surface area (Å²) in [6.45, 7) is 1.78. The highest BCUT2D eigenvalue weighted by molar-refractivity contribution is 5.99. The quantitative estimate of drug-likeness (QED) is 0.565. The van der Waals surface area contributed by atoms with Gasteiger partial charge in [0.2, 0.25) is 12.1 Å². The molecule has 0 bridgehead atoms. The second kappa shape index (κ2) is 5.00. The minimum Gasteiger partial charge on any atom is -0.349 e. The Hall–Kier alpha value is -1.26. The van der Waals surface area contributed by atoms with Gasteiger partial charge in [-0.3, -0.25) is 4.79 Å². The molecular formula is C11H13FO3. The molecule has 3 nitrogen and oxygen atoms in total. The molecule has 15 heavy (non-hydrogen) atoms. The van der Waals surface area contributed by atoms with E-state index in [1.807, 2.05) is 0 Å². The Labute approximate surface area is 87.8 Å². The third kappa shape index (κ3) is 2.61. The van der Waals surface area contributed by atoms with Crippen LogP contribution in [0.3, 0.4) is 0 Å². The SMILES string of the molecule is COC(OC)C(=O)c1cc(C)ccc1F. The molecule has 0 aliphatic carbocycles. The molecule has 0 aliphatic heterocycles. The van der Waals surface area contributed by atoms with Crippen LogP contribution in [-0.2, 0) is 9.47 Å². The summed E-state index contributed by atoms with van der Waals surface area (Å²) in [6, 6.07) is 4.33. The van der Waals surface area contributed by atoms with Gasteiger partial charge in [-0.1, -0.05) is 11.6 Å². The number of rotatable bonds is 4. The molecule has 0 saturated carbocycles. The molecule has 1 aromatic carbocycles. The van der Waals surface area contributed by atoms with E-state index in [2.05, 4.69) is 0 Å². The molecule has 0 spiro atoms. The van der Waals surface area contributed by atoms with Gasteiger partial charge >= 0.3 is 0 Å². The average molecular weight is 212 g/mol. The smallest absolute Gasteiger partial charge is 0.222 e. The molecular weight excluding hydrogens is 199 g/mol. The molecule has 0 aliphatic rings. The first-order chi connectivity index (χ1) is 7.10. The summed E-state index contributed by atoms with van der Waals surface area (Å²) >= 11 is 0. The van der Waals surface area contributed by atoms with Gasteiger partial charge in [0, 0.05) is 14.2 Å². The van der Waals surface area contributed by atoms with E-state index in [0.717, 1.165) is 5.56 Å². The van der Waals surface area contributed by atoms with Crippen LogP contribution >= 0.6 is 0 Å². The zero-order valence-corrected chi connectivity index (χ0v) is 8.91. The summed E-state index contributed by atoms with van der Waals surface area (Å²) in [4.78, 5) is 11.7. The molecule has 0 radical (unpaired) electrons. The molecule has 4 heteroatoms. The van der Waals surface area contributed by atoms with Crippen LogP contribution < -0.4 is 0 Å². The van der Waals surface area contributed by atoms with Crippen molar-refractivity contribution in [3.63, 3.8) is 0 Å². The first-order valence-electron chi connectivity index (χ1n) is 4.46. The van der Waals surface area contributed by atoms with Gasteiger partial charge < -0.3 is 9.47 Å². The number of benzene rings is 1. The van der Waals surface area contributed by atoms with Crippen molar-refractivity contribution in [3.05, 3.63) is 35.1 Å². The maximum Gasteiger partial charge on any atom is 0.222 e. The first-order valence-corrected chi connectivity index (χ1v) is 4.46. The Bertz CT molecular complexity index is 359. The van der Waals surface area contributed by atoms with E-state index < -0.39 is 17.9 Å². The van der Waals surface area contributed by atoms with Crippen LogP contribution in [0.4, 0.5) is 4.39 Å². The predicted molar refractivity (Wildman–Crippen MR) is 53.3 cm³/mol. The van der Waals surface area contributed by atoms with E-state index in [-0.39, 0.29) is 5.56 Å². The summed E-state index contributed by atoms with van der Waals surface area (Å²) in [5.74, 6) is -1.08. The van der Waals surface area contributed by atoms with Crippen LogP contribution in [-0.4, -0.2) is 26.3 Å². The minimum atomic E-state index is -1.05. The lowest BCUT2D eigenvalue weighted by Gasteiger charge is -2.12. The number of ether oxygens (including phenoxy) is 2. The second-order valence-corrected chi connectivity index (χ2v) is 3.15. The Morgan fingerprint density at radius 3 is 2.47 bits per heavy atom. The molecule has 1 rings (SSSR count). The summed E-state index contributed by atoms with van der Waals surface area (Å²) < 4.78 is 22.9. The average Bonchev–Trinajstić information content (AvgIpc) is 2.23. The van der Waals surface area contributed by atoms with Gasteiger partial charge in [-0.2, -0.15) is 0 Å². The lowest BCUT2D eigenvalue weighted by Crippen LogP contribution is -2.25. The zero-order valence-electron chi connectivity index (χ0n) is 8.91. The van der Waals surface area contributed by atoms with Gasteiger partial charge in [-0.15, -0.1) is 0 Å². The number of carbonyl (C=O) groups is 1. The number of halogens is 1. The summed E-state index contributed by atoms with van der Waals surface area (Å²) in [5.41, 5.74) is 0.800. The normalized spacial score (nSPS) is 10.7. The fourth-order valence-corrected chi connectivity index (χ4v) is 1.27. The van der Waals surface area contributed by atoms with E-state index in [4.69, 9.17) is 9.47 Å². The van der Waals surface area contributed by atoms with Crippen molar-refractivity contribution in [3.8, 4) is 0 Å². The lowest BCUT2D eigenvalue weighted by molar-refractivity contribution is -0.0743. The van der Waals surface area contributed by atoms with Crippen molar-refractivity contribution in [2.75, 3.05) is 14.2 Å². The van der Waals surface area contributed by atoms with Crippen molar-refractivity contribution in [2.24, 2.45) is 0 Å². The Kier molecular flexibility index (Phi) is 3.94. The van der Waals surface area contributed by atoms with E-state index in [9.17, 15) is 9.18 Å². The highest BCUT2D eigenvalue weighted by Gasteiger charge is 2.21. The van der Waals surface area contributed by atoms with E-state index in [0.29, 0.717) is 0 Å². The zero-order chi connectivity index (χ0) is 11.4. The van der Waals surface area contributed by atoms with Crippen molar-refractivity contribution < 1.29 is 18.7 Å². The van der Waals surface area contributed by atoms with Crippen LogP contribution in [0.25, 0.3) is 0 Å². The third-order valence-corrected chi connectivity index (χ3v) is 2.03. The van der Waals surface area contributed by atoms with Gasteiger partial charge in [-0.05, 0) is 19.1 Å². The lowest BCUT2D eigenvalue weighted by atomic mass is 10.1. The highest BCUT2D eigenvalue weighted by Crippen LogP contribution is 2.13. The molecule has 0 unspecified atom stereocenters. The molecule has 82 valence electrons. The Morgan fingerprint density at radius 2 is 1.93 bits per heavy atom. The number of methoxy groups -OCH3 is 2. The van der Waals surface area contributed by atoms with Crippen molar-refractivity contribution in [1.29, 1.82) is 0 Å². The Morgan fingerprint density at radius 1 is 1.33 bits per heavy atom. The van der Waals surface area contributed by atoms with Crippen molar-refractivity contribution in [2.45, 2.75) is 13.2 Å². The topological polar surface area (TPSA) is 35.5 Å². The number of hydrogen-bond donors (Lipinski definition) is 0. The third-order valence-electron chi connectivity index (χ3n) is 2.03. The number of carbonyl (C=O) groups excluding carboxylic acids is 1. The standard InChI is InChI=1S/C11H13FO3/c1-7-4-5-9(12)8(6-7)10(13)11(14-2)15-3/h4-6,11H,1-3H3. The van der Waals surface area contributed by atoms with Crippen LogP contribution in [0.2, 0.25) is 0 Å². The molecule has 0 N–H and O–H groups in total. The largest absolute Gasteiger partial charge is 0.349 e. The summed E-state index contributed by atoms with van der Waals surface area (Å²) in [6.07, 6.45) is -1.05. The number of aryl methyl sites for hydroxylation is 1. The number of Topliss-reactive ketones (excluding diaryl/α,β-unsaturated/α-hetero) is 1. The number of hydrogen-bond acceptors (Lipinski definition) is 3. The van der Waals surface area contributed by atoms with Crippen molar-refractivity contribution in [1.82, 2.24) is 0 Å². The van der Waals surface area contributed by atoms with Crippen LogP contribution in [0.1, 0.15) is 15.9 Å². The van der Waals surface area contributed by atoms with Gasteiger partial charge in [0.1, 0.15) is 5.82 Å². The van der Waals surface area contributed by atoms with Crippen LogP contribution in [0, 0.1) is 12.7 Å².